The molecule has 0 aromatic carbocycles. The first-order valence-corrected chi connectivity index (χ1v) is 9.81. The Hall–Kier alpha value is -3.44. The molecule has 0 unspecified atom stereocenters. The number of aromatic nitrogens is 1. The molecule has 1 aromatic rings. The standard InChI is InChI=1S/C22H25N4O4/c1-14-4-3-5-20(26(14)29)22(28)25-19-10-16(18(23)11-21(19)30-2)13-24-12-15-6-8-17(27)9-7-15/h3-5,10-11,13,15,17,23,27H,6-9H2,1-2H3,(H-,25,28,29)/q+1/p+1/b16-13-,23-18?. The molecule has 0 atom stereocenters. The summed E-state index contributed by atoms with van der Waals surface area (Å²) in [6.07, 6.45) is 7.58. The molecule has 0 aliphatic heterocycles. The zero-order chi connectivity index (χ0) is 21.7. The van der Waals surface area contributed by atoms with Crippen molar-refractivity contribution in [2.75, 3.05) is 7.11 Å². The number of allylic oxidation sites excluding steroid dienone is 3. The number of carbonyl (C=O) groups is 1. The third kappa shape index (κ3) is 4.93. The van der Waals surface area contributed by atoms with Crippen LogP contribution in [-0.2, 0) is 4.74 Å². The molecule has 8 nitrogen and oxygen atoms in total. The molecule has 4 N–H and O–H groups in total. The summed E-state index contributed by atoms with van der Waals surface area (Å²) in [6.45, 7) is 1.68. The largest absolute Gasteiger partial charge is 0.494 e. The van der Waals surface area contributed by atoms with E-state index in [1.54, 1.807) is 25.1 Å². The van der Waals surface area contributed by atoms with E-state index in [1.807, 2.05) is 0 Å². The zero-order valence-electron chi connectivity index (χ0n) is 17.1. The van der Waals surface area contributed by atoms with E-state index in [1.165, 1.54) is 25.5 Å². The maximum atomic E-state index is 12.6. The van der Waals surface area contributed by atoms with E-state index in [4.69, 9.17) is 10.1 Å². The predicted molar refractivity (Wildman–Crippen MR) is 110 cm³/mol. The fraction of sp³-hybridized carbons (Fsp3) is 0.364. The minimum absolute atomic E-state index is 0.0726. The maximum Gasteiger partial charge on any atom is 0.325 e. The number of amides is 1. The number of nitrogens with zero attached hydrogens (tertiary/aromatic N) is 2. The van der Waals surface area contributed by atoms with Gasteiger partial charge >= 0.3 is 17.8 Å². The molecular weight excluding hydrogens is 384 g/mol. The normalized spacial score (nSPS) is 22.5. The number of carbonyl (C=O) groups excluding carboxylic acids is 1. The van der Waals surface area contributed by atoms with Crippen molar-refractivity contribution in [2.24, 2.45) is 5.92 Å². The second-order valence-corrected chi connectivity index (χ2v) is 7.35. The van der Waals surface area contributed by atoms with Crippen LogP contribution < -0.4 is 10.0 Å². The van der Waals surface area contributed by atoms with Crippen molar-refractivity contribution in [1.82, 2.24) is 5.32 Å². The van der Waals surface area contributed by atoms with E-state index in [0.29, 0.717) is 22.7 Å². The summed E-state index contributed by atoms with van der Waals surface area (Å²) >= 11 is 0. The van der Waals surface area contributed by atoms with Gasteiger partial charge in [0.15, 0.2) is 0 Å². The molecule has 0 bridgehead atoms. The molecule has 3 rings (SSSR count). The molecule has 30 heavy (non-hydrogen) atoms. The van der Waals surface area contributed by atoms with Gasteiger partial charge in [0.25, 0.3) is 6.07 Å². The van der Waals surface area contributed by atoms with E-state index in [0.717, 1.165) is 30.4 Å². The summed E-state index contributed by atoms with van der Waals surface area (Å²) in [6, 6.07) is 7.92. The van der Waals surface area contributed by atoms with Gasteiger partial charge in [-0.3, -0.25) is 15.4 Å². The second kappa shape index (κ2) is 9.37. The van der Waals surface area contributed by atoms with Crippen LogP contribution in [0.25, 0.3) is 4.85 Å². The van der Waals surface area contributed by atoms with Crippen LogP contribution in [0.2, 0.25) is 0 Å². The summed E-state index contributed by atoms with van der Waals surface area (Å²) in [7, 11) is 1.45. The number of ether oxygens (including phenoxy) is 1. The van der Waals surface area contributed by atoms with Crippen molar-refractivity contribution in [3.05, 3.63) is 69.8 Å². The topological polar surface area (TPSA) is 111 Å². The summed E-state index contributed by atoms with van der Waals surface area (Å²) in [5.74, 6) is 0.00783. The Labute approximate surface area is 175 Å². The number of hydrogen-bond donors (Lipinski definition) is 4. The van der Waals surface area contributed by atoms with Gasteiger partial charge in [-0.15, -0.1) is 0 Å². The minimum Gasteiger partial charge on any atom is -0.494 e. The monoisotopic (exact) mass is 410 g/mol. The van der Waals surface area contributed by atoms with Gasteiger partial charge in [-0.25, -0.2) is 0 Å². The molecule has 0 radical (unpaired) electrons. The van der Waals surface area contributed by atoms with E-state index >= 15 is 0 Å². The Morgan fingerprint density at radius 1 is 1.33 bits per heavy atom. The number of aliphatic hydroxyl groups excluding tert-OH is 1. The van der Waals surface area contributed by atoms with Gasteiger partial charge in [0, 0.05) is 29.9 Å². The van der Waals surface area contributed by atoms with E-state index in [-0.39, 0.29) is 23.4 Å². The third-order valence-corrected chi connectivity index (χ3v) is 5.16. The van der Waals surface area contributed by atoms with Crippen molar-refractivity contribution >= 4 is 11.6 Å². The van der Waals surface area contributed by atoms with Gasteiger partial charge < -0.3 is 15.2 Å². The van der Waals surface area contributed by atoms with E-state index < -0.39 is 5.91 Å². The molecule has 1 heterocycles. The lowest BCUT2D eigenvalue weighted by atomic mass is 9.89. The summed E-state index contributed by atoms with van der Waals surface area (Å²) in [5.41, 5.74) is 1.65. The quantitative estimate of drug-likeness (QED) is 0.453. The van der Waals surface area contributed by atoms with Gasteiger partial charge in [-0.2, -0.15) is 0 Å². The Morgan fingerprint density at radius 3 is 2.77 bits per heavy atom. The Kier molecular flexibility index (Phi) is 6.65. The van der Waals surface area contributed by atoms with Crippen LogP contribution in [0.15, 0.2) is 53.6 Å². The molecule has 0 spiro atoms. The first-order valence-electron chi connectivity index (χ1n) is 9.81. The second-order valence-electron chi connectivity index (χ2n) is 7.35. The number of methoxy groups -OCH3 is 1. The van der Waals surface area contributed by atoms with Crippen molar-refractivity contribution in [1.29, 1.82) is 5.41 Å². The van der Waals surface area contributed by atoms with Crippen molar-refractivity contribution < 1.29 is 24.6 Å². The molecule has 8 heteroatoms. The van der Waals surface area contributed by atoms with Gasteiger partial charge in [-0.1, -0.05) is 0 Å². The molecule has 1 fully saturated rings. The van der Waals surface area contributed by atoms with Crippen LogP contribution in [0, 0.1) is 24.3 Å². The maximum absolute atomic E-state index is 12.6. The number of pyridine rings is 1. The molecule has 1 aromatic heterocycles. The van der Waals surface area contributed by atoms with E-state index in [9.17, 15) is 15.1 Å². The molecular formula is C22H26N4O4+2. The average Bonchev–Trinajstić information content (AvgIpc) is 2.73. The summed E-state index contributed by atoms with van der Waals surface area (Å²) in [5, 5.41) is 30.6. The molecule has 1 saturated carbocycles. The predicted octanol–water partition coefficient (Wildman–Crippen LogP) is 2.47. The van der Waals surface area contributed by atoms with Crippen LogP contribution >= 0.6 is 0 Å². The molecule has 156 valence electrons. The number of aliphatic hydroxyl groups is 1. The highest BCUT2D eigenvalue weighted by Gasteiger charge is 2.26. The van der Waals surface area contributed by atoms with Gasteiger partial charge in [-0.05, 0) is 42.7 Å². The number of aryl methyl sites for hydroxylation is 1. The smallest absolute Gasteiger partial charge is 0.325 e. The van der Waals surface area contributed by atoms with E-state index in [2.05, 4.69) is 16.2 Å². The lowest BCUT2D eigenvalue weighted by molar-refractivity contribution is -0.909. The fourth-order valence-electron chi connectivity index (χ4n) is 3.36. The Balaban J connectivity index is 1.80. The molecule has 2 aliphatic rings. The highest BCUT2D eigenvalue weighted by molar-refractivity contribution is 6.10. The lowest BCUT2D eigenvalue weighted by Gasteiger charge is -2.18. The highest BCUT2D eigenvalue weighted by atomic mass is 16.5. The summed E-state index contributed by atoms with van der Waals surface area (Å²) < 4.78 is 6.11. The SMILES string of the molecule is COC1=CC(=N)/C(=C\[N+]#CC2CCC(O)CC2)C=C1NC(=O)c1cccc(C)[n+]1O. The van der Waals surface area contributed by atoms with Gasteiger partial charge in [0.2, 0.25) is 5.69 Å². The van der Waals surface area contributed by atoms with Gasteiger partial charge in [0.1, 0.15) is 5.76 Å². The van der Waals surface area contributed by atoms with Crippen LogP contribution in [0.1, 0.15) is 41.9 Å². The number of nitrogens with one attached hydrogen (secondary N) is 2. The first-order chi connectivity index (χ1) is 14.4. The van der Waals surface area contributed by atoms with Crippen LogP contribution in [0.4, 0.5) is 0 Å². The Bertz CT molecular complexity index is 1010. The Morgan fingerprint density at radius 2 is 2.07 bits per heavy atom. The highest BCUT2D eigenvalue weighted by Crippen LogP contribution is 2.24. The van der Waals surface area contributed by atoms with Crippen molar-refractivity contribution in [3.63, 3.8) is 0 Å². The lowest BCUT2D eigenvalue weighted by Crippen LogP contribution is -2.44. The molecule has 0 saturated heterocycles. The molecule has 1 amide bonds. The third-order valence-electron chi connectivity index (χ3n) is 5.16. The molecule has 2 aliphatic carbocycles. The minimum atomic E-state index is -0.515. The fourth-order valence-corrected chi connectivity index (χ4v) is 3.36. The zero-order valence-corrected chi connectivity index (χ0v) is 17.1. The van der Waals surface area contributed by atoms with Crippen LogP contribution in [0.5, 0.6) is 0 Å². The van der Waals surface area contributed by atoms with Crippen molar-refractivity contribution in [2.45, 2.75) is 38.7 Å². The average molecular weight is 410 g/mol. The first kappa shape index (κ1) is 21.3. The number of rotatable bonds is 3. The van der Waals surface area contributed by atoms with Crippen molar-refractivity contribution in [3.8, 4) is 6.07 Å². The summed E-state index contributed by atoms with van der Waals surface area (Å²) in [4.78, 5) is 16.9. The van der Waals surface area contributed by atoms with Crippen LogP contribution in [-0.4, -0.2) is 35.1 Å². The van der Waals surface area contributed by atoms with Gasteiger partial charge in [0.05, 0.1) is 36.1 Å². The van der Waals surface area contributed by atoms with Crippen LogP contribution in [0.3, 0.4) is 0 Å². The number of hydrogen-bond acceptors (Lipinski definition) is 5.